The van der Waals surface area contributed by atoms with Gasteiger partial charge in [-0.25, -0.2) is 0 Å². The van der Waals surface area contributed by atoms with E-state index in [1.165, 1.54) is 30.4 Å². The Balaban J connectivity index is 1.26. The van der Waals surface area contributed by atoms with E-state index < -0.39 is 0 Å². The van der Waals surface area contributed by atoms with Gasteiger partial charge in [0.1, 0.15) is 11.5 Å². The van der Waals surface area contributed by atoms with E-state index in [0.29, 0.717) is 12.3 Å². The van der Waals surface area contributed by atoms with Crippen molar-refractivity contribution in [2.24, 2.45) is 17.3 Å². The van der Waals surface area contributed by atoms with Crippen LogP contribution in [0.5, 0.6) is 5.75 Å². The molecule has 0 unspecified atom stereocenters. The van der Waals surface area contributed by atoms with Crippen LogP contribution < -0.4 is 9.64 Å². The molecule has 0 saturated heterocycles. The molecule has 6 heteroatoms. The van der Waals surface area contributed by atoms with Gasteiger partial charge in [-0.15, -0.1) is 0 Å². The van der Waals surface area contributed by atoms with Gasteiger partial charge in [-0.05, 0) is 150 Å². The number of benzene rings is 2. The molecule has 3 aromatic rings. The second-order valence-corrected chi connectivity index (χ2v) is 15.9. The standard InChI is InChI=1S/C40H53N3O3/c1-28-22-34(14-15-36(28)46-6)40-19-16-39(17-20-40,18-21-40)27-42(37(45)31-12-10-30(11-13-31)23-29(2)44)35-9-7-8-32(24-35)33-25-41-43(26-33)38(3,4)5/h7-9,14-15,22,24-26,30-31H,10-13,16-21,23,27H2,1-6H3. The lowest BCUT2D eigenvalue weighted by molar-refractivity contribution is -0.124. The van der Waals surface area contributed by atoms with E-state index in [2.05, 4.69) is 86.4 Å². The third kappa shape index (κ3) is 6.55. The van der Waals surface area contributed by atoms with Gasteiger partial charge in [-0.2, -0.15) is 5.10 Å². The number of anilines is 1. The number of Topliss-reactive ketones (excluding diaryl/α,β-unsaturated/α-hetero) is 1. The lowest BCUT2D eigenvalue weighted by atomic mass is 9.51. The van der Waals surface area contributed by atoms with Crippen LogP contribution >= 0.6 is 0 Å². The monoisotopic (exact) mass is 623 g/mol. The summed E-state index contributed by atoms with van der Waals surface area (Å²) in [6.07, 6.45) is 15.3. The molecule has 0 aliphatic heterocycles. The smallest absolute Gasteiger partial charge is 0.230 e. The van der Waals surface area contributed by atoms with Crippen molar-refractivity contribution in [3.8, 4) is 16.9 Å². The lowest BCUT2D eigenvalue weighted by Crippen LogP contribution is -2.51. The van der Waals surface area contributed by atoms with Crippen LogP contribution in [0.3, 0.4) is 0 Å². The van der Waals surface area contributed by atoms with Crippen molar-refractivity contribution in [1.82, 2.24) is 9.78 Å². The summed E-state index contributed by atoms with van der Waals surface area (Å²) in [7, 11) is 1.75. The number of hydrogen-bond acceptors (Lipinski definition) is 4. The van der Waals surface area contributed by atoms with Crippen LogP contribution in [0, 0.1) is 24.2 Å². The molecule has 1 heterocycles. The van der Waals surface area contributed by atoms with Crippen molar-refractivity contribution in [3.63, 3.8) is 0 Å². The fourth-order valence-corrected chi connectivity index (χ4v) is 8.71. The molecule has 4 saturated carbocycles. The third-order valence-corrected chi connectivity index (χ3v) is 11.7. The van der Waals surface area contributed by atoms with E-state index in [4.69, 9.17) is 4.74 Å². The number of carbonyl (C=O) groups excluding carboxylic acids is 2. The minimum Gasteiger partial charge on any atom is -0.496 e. The first-order valence-corrected chi connectivity index (χ1v) is 17.5. The highest BCUT2D eigenvalue weighted by Crippen LogP contribution is 2.58. The Morgan fingerprint density at radius 1 is 0.957 bits per heavy atom. The van der Waals surface area contributed by atoms with Gasteiger partial charge in [0.15, 0.2) is 0 Å². The minimum absolute atomic E-state index is 0.0143. The number of hydrogen-bond donors (Lipinski definition) is 0. The van der Waals surface area contributed by atoms with Crippen LogP contribution in [0.15, 0.2) is 54.9 Å². The molecule has 4 aliphatic carbocycles. The Labute approximate surface area is 275 Å². The summed E-state index contributed by atoms with van der Waals surface area (Å²) in [5.74, 6) is 1.92. The molecule has 46 heavy (non-hydrogen) atoms. The molecule has 2 aromatic carbocycles. The number of ketones is 1. The van der Waals surface area contributed by atoms with E-state index >= 15 is 0 Å². The SMILES string of the molecule is COc1ccc(C23CCC(CN(C(=O)C4CCC(CC(C)=O)CC4)c4cccc(-c5cnn(C(C)(C)C)c5)c4)(CC2)CC3)cc1C. The zero-order chi connectivity index (χ0) is 32.7. The normalized spacial score (nSPS) is 26.1. The maximum Gasteiger partial charge on any atom is 0.230 e. The van der Waals surface area contributed by atoms with Gasteiger partial charge < -0.3 is 14.4 Å². The van der Waals surface area contributed by atoms with Gasteiger partial charge >= 0.3 is 0 Å². The zero-order valence-corrected chi connectivity index (χ0v) is 28.9. The molecule has 0 atom stereocenters. The highest BCUT2D eigenvalue weighted by Gasteiger charge is 2.50. The number of carbonyl (C=O) groups is 2. The molecule has 4 aliphatic rings. The van der Waals surface area contributed by atoms with E-state index in [1.54, 1.807) is 14.0 Å². The fourth-order valence-electron chi connectivity index (χ4n) is 8.71. The Morgan fingerprint density at radius 2 is 1.65 bits per heavy atom. The van der Waals surface area contributed by atoms with E-state index in [-0.39, 0.29) is 34.0 Å². The van der Waals surface area contributed by atoms with Crippen LogP contribution in [0.25, 0.3) is 11.1 Å². The van der Waals surface area contributed by atoms with E-state index in [9.17, 15) is 9.59 Å². The number of aryl methyl sites for hydroxylation is 1. The van der Waals surface area contributed by atoms with Crippen molar-refractivity contribution in [2.45, 2.75) is 116 Å². The van der Waals surface area contributed by atoms with Crippen molar-refractivity contribution < 1.29 is 14.3 Å². The maximum atomic E-state index is 14.6. The number of aromatic nitrogens is 2. The van der Waals surface area contributed by atoms with E-state index in [1.807, 2.05) is 10.9 Å². The maximum absolute atomic E-state index is 14.6. The number of methoxy groups -OCH3 is 1. The van der Waals surface area contributed by atoms with Crippen molar-refractivity contribution in [2.75, 3.05) is 18.6 Å². The molecule has 0 radical (unpaired) electrons. The number of ether oxygens (including phenoxy) is 1. The summed E-state index contributed by atoms with van der Waals surface area (Å²) in [6.45, 7) is 11.1. The molecule has 4 fully saturated rings. The summed E-state index contributed by atoms with van der Waals surface area (Å²) in [4.78, 5) is 28.5. The van der Waals surface area contributed by atoms with Crippen LogP contribution in [0.4, 0.5) is 5.69 Å². The first-order valence-electron chi connectivity index (χ1n) is 17.5. The van der Waals surface area contributed by atoms with E-state index in [0.717, 1.165) is 74.1 Å². The zero-order valence-electron chi connectivity index (χ0n) is 28.9. The number of amides is 1. The Morgan fingerprint density at radius 3 is 2.24 bits per heavy atom. The van der Waals surface area contributed by atoms with Gasteiger partial charge in [0.2, 0.25) is 5.91 Å². The first-order chi connectivity index (χ1) is 21.9. The number of rotatable bonds is 9. The Kier molecular flexibility index (Phi) is 8.95. The molecule has 6 nitrogen and oxygen atoms in total. The van der Waals surface area contributed by atoms with Crippen LogP contribution in [0.1, 0.15) is 109 Å². The first kappa shape index (κ1) is 32.5. The van der Waals surface area contributed by atoms with Gasteiger partial charge in [0.05, 0.1) is 18.8 Å². The van der Waals surface area contributed by atoms with Crippen molar-refractivity contribution in [1.29, 1.82) is 0 Å². The number of fused-ring (bicyclic) bond motifs is 3. The molecule has 246 valence electrons. The van der Waals surface area contributed by atoms with Crippen LogP contribution in [-0.2, 0) is 20.5 Å². The molecule has 7 rings (SSSR count). The average molecular weight is 624 g/mol. The van der Waals surface area contributed by atoms with Gasteiger partial charge in [0, 0.05) is 36.3 Å². The third-order valence-electron chi connectivity index (χ3n) is 11.7. The van der Waals surface area contributed by atoms with Gasteiger partial charge in [-0.3, -0.25) is 9.48 Å². The molecular formula is C40H53N3O3. The van der Waals surface area contributed by atoms with Crippen LogP contribution in [-0.4, -0.2) is 35.1 Å². The predicted octanol–water partition coefficient (Wildman–Crippen LogP) is 9.03. The summed E-state index contributed by atoms with van der Waals surface area (Å²) < 4.78 is 7.57. The lowest BCUT2D eigenvalue weighted by Gasteiger charge is -2.55. The van der Waals surface area contributed by atoms with Crippen LogP contribution in [0.2, 0.25) is 0 Å². The molecule has 1 aromatic heterocycles. The molecule has 0 N–H and O–H groups in total. The van der Waals surface area contributed by atoms with Gasteiger partial charge in [0.25, 0.3) is 0 Å². The second kappa shape index (κ2) is 12.7. The molecule has 1 amide bonds. The van der Waals surface area contributed by atoms with Crippen molar-refractivity contribution >= 4 is 17.4 Å². The summed E-state index contributed by atoms with van der Waals surface area (Å²) in [5.41, 5.74) is 6.10. The Bertz CT molecular complexity index is 1550. The highest BCUT2D eigenvalue weighted by molar-refractivity contribution is 5.96. The summed E-state index contributed by atoms with van der Waals surface area (Å²) in [5, 5.41) is 4.65. The molecular weight excluding hydrogens is 570 g/mol. The second-order valence-electron chi connectivity index (χ2n) is 15.9. The summed E-state index contributed by atoms with van der Waals surface area (Å²) >= 11 is 0. The topological polar surface area (TPSA) is 64.4 Å². The largest absolute Gasteiger partial charge is 0.496 e. The van der Waals surface area contributed by atoms with Crippen molar-refractivity contribution in [3.05, 3.63) is 66.0 Å². The Hall–Kier alpha value is -3.41. The highest BCUT2D eigenvalue weighted by atomic mass is 16.5. The fraction of sp³-hybridized carbons (Fsp3) is 0.575. The predicted molar refractivity (Wildman–Crippen MR) is 185 cm³/mol. The molecule has 2 bridgehead atoms. The summed E-state index contributed by atoms with van der Waals surface area (Å²) in [6, 6.07) is 15.3. The number of nitrogens with zero attached hydrogens (tertiary/aromatic N) is 3. The minimum atomic E-state index is -0.0973. The van der Waals surface area contributed by atoms with Gasteiger partial charge in [-0.1, -0.05) is 24.3 Å². The average Bonchev–Trinajstić information content (AvgIpc) is 3.56. The molecule has 0 spiro atoms. The quantitative estimate of drug-likeness (QED) is 0.239.